The highest BCUT2D eigenvalue weighted by Gasteiger charge is 2.15. The van der Waals surface area contributed by atoms with Crippen molar-refractivity contribution in [3.05, 3.63) is 76.3 Å². The summed E-state index contributed by atoms with van der Waals surface area (Å²) in [6.45, 7) is -0.124. The van der Waals surface area contributed by atoms with Crippen molar-refractivity contribution in [2.75, 3.05) is 0 Å². The Morgan fingerprint density at radius 1 is 1.20 bits per heavy atom. The molecule has 1 saturated carbocycles. The molecule has 2 aromatic carbocycles. The van der Waals surface area contributed by atoms with Crippen LogP contribution in [0.15, 0.2) is 53.1 Å². The van der Waals surface area contributed by atoms with Gasteiger partial charge >= 0.3 is 5.97 Å². The lowest BCUT2D eigenvalue weighted by molar-refractivity contribution is 0.0437. The van der Waals surface area contributed by atoms with Gasteiger partial charge in [0, 0.05) is 17.5 Å². The Morgan fingerprint density at radius 3 is 2.77 bits per heavy atom. The molecule has 0 bridgehead atoms. The lowest BCUT2D eigenvalue weighted by atomic mass is 10.1. The third kappa shape index (κ3) is 4.72. The number of carbonyl (C=O) groups is 1. The van der Waals surface area contributed by atoms with E-state index in [1.807, 2.05) is 18.2 Å². The van der Waals surface area contributed by atoms with E-state index in [2.05, 4.69) is 17.0 Å². The molecule has 4 rings (SSSR count). The molecule has 3 aromatic rings. The fraction of sp³-hybridized carbons (Fsp3) is 0.250. The molecule has 152 valence electrons. The summed E-state index contributed by atoms with van der Waals surface area (Å²) in [6.07, 6.45) is 4.49. The monoisotopic (exact) mass is 423 g/mol. The number of carbonyl (C=O) groups excluding carboxylic acids is 1. The third-order valence-electron chi connectivity index (χ3n) is 5.03. The van der Waals surface area contributed by atoms with Crippen LogP contribution in [0.25, 0.3) is 11.3 Å². The molecule has 0 N–H and O–H groups in total. The van der Waals surface area contributed by atoms with Crippen LogP contribution in [0.3, 0.4) is 0 Å². The summed E-state index contributed by atoms with van der Waals surface area (Å²) in [6, 6.07) is 13.0. The summed E-state index contributed by atoms with van der Waals surface area (Å²) in [5.74, 6) is 5.52. The van der Waals surface area contributed by atoms with Crippen molar-refractivity contribution in [3.63, 3.8) is 0 Å². The summed E-state index contributed by atoms with van der Waals surface area (Å²) in [5, 5.41) is 4.49. The molecular weight excluding hydrogens is 405 g/mol. The predicted molar refractivity (Wildman–Crippen MR) is 111 cm³/mol. The van der Waals surface area contributed by atoms with Crippen LogP contribution in [-0.2, 0) is 11.3 Å². The van der Waals surface area contributed by atoms with Crippen molar-refractivity contribution < 1.29 is 18.4 Å². The highest BCUT2D eigenvalue weighted by Crippen LogP contribution is 2.27. The lowest BCUT2D eigenvalue weighted by Gasteiger charge is -2.04. The summed E-state index contributed by atoms with van der Waals surface area (Å²) >= 11 is 6.15. The van der Waals surface area contributed by atoms with E-state index in [-0.39, 0.29) is 17.7 Å². The highest BCUT2D eigenvalue weighted by molar-refractivity contribution is 6.33. The minimum absolute atomic E-state index is 0.116. The standard InChI is InChI=1S/C24H19ClFNO3/c25-21-8-4-3-7-20(21)23-14-19(30-27-23)15-29-24(28)18-12-11-17(22(26)13-18)10-9-16-5-1-2-6-16/h3-4,7-8,11-14,16H,1-2,5-6,15H2. The van der Waals surface area contributed by atoms with Gasteiger partial charge in [-0.25, -0.2) is 9.18 Å². The second kappa shape index (κ2) is 9.15. The second-order valence-electron chi connectivity index (χ2n) is 7.18. The maximum Gasteiger partial charge on any atom is 0.338 e. The van der Waals surface area contributed by atoms with Gasteiger partial charge in [-0.2, -0.15) is 0 Å². The fourth-order valence-corrected chi connectivity index (χ4v) is 3.62. The van der Waals surface area contributed by atoms with Gasteiger partial charge in [0.15, 0.2) is 12.4 Å². The minimum Gasteiger partial charge on any atom is -0.454 e. The molecule has 0 atom stereocenters. The van der Waals surface area contributed by atoms with E-state index >= 15 is 0 Å². The van der Waals surface area contributed by atoms with Crippen molar-refractivity contribution in [2.24, 2.45) is 5.92 Å². The second-order valence-corrected chi connectivity index (χ2v) is 7.59. The number of esters is 1. The van der Waals surface area contributed by atoms with E-state index in [0.29, 0.717) is 22.4 Å². The number of ether oxygens (including phenoxy) is 1. The van der Waals surface area contributed by atoms with Crippen LogP contribution < -0.4 is 0 Å². The van der Waals surface area contributed by atoms with Crippen molar-refractivity contribution in [2.45, 2.75) is 32.3 Å². The number of rotatable bonds is 4. The number of nitrogens with zero attached hydrogens (tertiary/aromatic N) is 1. The van der Waals surface area contributed by atoms with Crippen LogP contribution >= 0.6 is 11.6 Å². The Kier molecular flexibility index (Phi) is 6.15. The first-order valence-electron chi connectivity index (χ1n) is 9.79. The lowest BCUT2D eigenvalue weighted by Crippen LogP contribution is -2.05. The van der Waals surface area contributed by atoms with Crippen LogP contribution in [0.2, 0.25) is 5.02 Å². The molecular formula is C24H19ClFNO3. The Labute approximate surface area is 179 Å². The summed E-state index contributed by atoms with van der Waals surface area (Å²) in [4.78, 5) is 12.3. The predicted octanol–water partition coefficient (Wildman–Crippen LogP) is 6.03. The van der Waals surface area contributed by atoms with Gasteiger partial charge in [0.2, 0.25) is 0 Å². The topological polar surface area (TPSA) is 52.3 Å². The van der Waals surface area contributed by atoms with Crippen LogP contribution in [0, 0.1) is 23.6 Å². The zero-order valence-electron chi connectivity index (χ0n) is 16.2. The van der Waals surface area contributed by atoms with Crippen molar-refractivity contribution in [1.82, 2.24) is 5.16 Å². The Bertz CT molecular complexity index is 1120. The Morgan fingerprint density at radius 2 is 2.00 bits per heavy atom. The molecule has 0 unspecified atom stereocenters. The molecule has 4 nitrogen and oxygen atoms in total. The van der Waals surface area contributed by atoms with Crippen LogP contribution in [0.4, 0.5) is 4.39 Å². The van der Waals surface area contributed by atoms with Gasteiger partial charge in [-0.1, -0.05) is 59.6 Å². The molecule has 1 aromatic heterocycles. The van der Waals surface area contributed by atoms with Gasteiger partial charge in [-0.05, 0) is 37.1 Å². The van der Waals surface area contributed by atoms with Crippen molar-refractivity contribution in [3.8, 4) is 23.1 Å². The molecule has 1 aliphatic rings. The maximum atomic E-state index is 14.3. The Hall–Kier alpha value is -3.10. The van der Waals surface area contributed by atoms with Crippen LogP contribution in [0.1, 0.15) is 47.4 Å². The largest absolute Gasteiger partial charge is 0.454 e. The number of benzene rings is 2. The molecule has 0 radical (unpaired) electrons. The number of halogens is 2. The summed E-state index contributed by atoms with van der Waals surface area (Å²) < 4.78 is 24.8. The number of hydrogen-bond donors (Lipinski definition) is 0. The van der Waals surface area contributed by atoms with Gasteiger partial charge in [0.05, 0.1) is 16.1 Å². The average molecular weight is 424 g/mol. The molecule has 1 fully saturated rings. The molecule has 6 heteroatoms. The molecule has 0 saturated heterocycles. The van der Waals surface area contributed by atoms with Crippen molar-refractivity contribution in [1.29, 1.82) is 0 Å². The van der Waals surface area contributed by atoms with Crippen molar-refractivity contribution >= 4 is 17.6 Å². The number of aromatic nitrogens is 1. The van der Waals surface area contributed by atoms with Crippen LogP contribution in [-0.4, -0.2) is 11.1 Å². The maximum absolute atomic E-state index is 14.3. The molecule has 1 aliphatic carbocycles. The summed E-state index contributed by atoms with van der Waals surface area (Å²) in [7, 11) is 0. The van der Waals surface area contributed by atoms with Crippen LogP contribution in [0.5, 0.6) is 0 Å². The number of hydrogen-bond acceptors (Lipinski definition) is 4. The Balaban J connectivity index is 1.38. The highest BCUT2D eigenvalue weighted by atomic mass is 35.5. The molecule has 0 amide bonds. The molecule has 0 spiro atoms. The van der Waals surface area contributed by atoms with E-state index < -0.39 is 11.8 Å². The third-order valence-corrected chi connectivity index (χ3v) is 5.35. The molecule has 30 heavy (non-hydrogen) atoms. The average Bonchev–Trinajstić information content (AvgIpc) is 3.43. The smallest absolute Gasteiger partial charge is 0.338 e. The van der Waals surface area contributed by atoms with E-state index in [1.165, 1.54) is 25.0 Å². The quantitative estimate of drug-likeness (QED) is 0.379. The fourth-order valence-electron chi connectivity index (χ4n) is 3.39. The van der Waals surface area contributed by atoms with Gasteiger partial charge in [0.1, 0.15) is 11.5 Å². The van der Waals surface area contributed by atoms with Gasteiger partial charge in [-0.15, -0.1) is 0 Å². The molecule has 0 aliphatic heterocycles. The summed E-state index contributed by atoms with van der Waals surface area (Å²) in [5.41, 5.74) is 1.67. The first-order valence-corrected chi connectivity index (χ1v) is 10.2. The van der Waals surface area contributed by atoms with Gasteiger partial charge < -0.3 is 9.26 Å². The van der Waals surface area contributed by atoms with E-state index in [1.54, 1.807) is 12.1 Å². The van der Waals surface area contributed by atoms with Gasteiger partial charge in [-0.3, -0.25) is 0 Å². The van der Waals surface area contributed by atoms with E-state index in [4.69, 9.17) is 20.9 Å². The SMILES string of the molecule is O=C(OCc1cc(-c2ccccc2Cl)no1)c1ccc(C#CC2CCCC2)c(F)c1. The first kappa shape index (κ1) is 20.2. The first-order chi connectivity index (χ1) is 14.6. The molecule has 1 heterocycles. The zero-order valence-corrected chi connectivity index (χ0v) is 16.9. The normalized spacial score (nSPS) is 13.7. The van der Waals surface area contributed by atoms with E-state index in [0.717, 1.165) is 24.5 Å². The zero-order chi connectivity index (χ0) is 20.9. The van der Waals surface area contributed by atoms with E-state index in [9.17, 15) is 9.18 Å². The van der Waals surface area contributed by atoms with Gasteiger partial charge in [0.25, 0.3) is 0 Å². The minimum atomic E-state index is -0.653.